The van der Waals surface area contributed by atoms with Crippen LogP contribution in [0.2, 0.25) is 0 Å². The van der Waals surface area contributed by atoms with Crippen molar-refractivity contribution in [3.63, 3.8) is 0 Å². The van der Waals surface area contributed by atoms with Gasteiger partial charge in [-0.1, -0.05) is 12.1 Å². The minimum absolute atomic E-state index is 0.0720. The highest BCUT2D eigenvalue weighted by atomic mass is 32.2. The zero-order valence-corrected chi connectivity index (χ0v) is 19.3. The summed E-state index contributed by atoms with van der Waals surface area (Å²) in [6, 6.07) is 10.5. The molecule has 3 aromatic rings. The first-order valence-electron chi connectivity index (χ1n) is 10.8. The van der Waals surface area contributed by atoms with Gasteiger partial charge in [-0.3, -0.25) is 9.36 Å². The van der Waals surface area contributed by atoms with E-state index in [9.17, 15) is 13.2 Å². The molecule has 0 radical (unpaired) electrons. The van der Waals surface area contributed by atoms with Crippen LogP contribution in [0.4, 0.5) is 0 Å². The second-order valence-electron chi connectivity index (χ2n) is 7.80. The Kier molecular flexibility index (Phi) is 7.17. The summed E-state index contributed by atoms with van der Waals surface area (Å²) in [7, 11) is -3.51. The predicted molar refractivity (Wildman–Crippen MR) is 122 cm³/mol. The Morgan fingerprint density at radius 3 is 2.52 bits per heavy atom. The maximum atomic E-state index is 12.7. The molecule has 1 fully saturated rings. The largest absolute Gasteiger partial charge is 0.379 e. The first-order valence-corrected chi connectivity index (χ1v) is 12.3. The van der Waals surface area contributed by atoms with Crippen LogP contribution >= 0.6 is 0 Å². The molecule has 174 valence electrons. The van der Waals surface area contributed by atoms with Gasteiger partial charge in [-0.25, -0.2) is 18.4 Å². The number of rotatable bonds is 8. The number of aryl methyl sites for hydroxylation is 2. The first-order chi connectivity index (χ1) is 15.9. The lowest BCUT2D eigenvalue weighted by atomic mass is 10.1. The molecule has 0 unspecified atom stereocenters. The van der Waals surface area contributed by atoms with Gasteiger partial charge >= 0.3 is 0 Å². The molecule has 0 bridgehead atoms. The quantitative estimate of drug-likeness (QED) is 0.540. The molecule has 1 amide bonds. The zero-order valence-electron chi connectivity index (χ0n) is 18.5. The Balaban J connectivity index is 1.28. The number of aromatic nitrogens is 3. The van der Waals surface area contributed by atoms with Crippen molar-refractivity contribution in [2.45, 2.75) is 31.2 Å². The van der Waals surface area contributed by atoms with Gasteiger partial charge in [-0.05, 0) is 48.7 Å². The molecule has 0 spiro atoms. The van der Waals surface area contributed by atoms with Crippen LogP contribution in [0.1, 0.15) is 23.4 Å². The van der Waals surface area contributed by atoms with Crippen LogP contribution in [-0.4, -0.2) is 59.5 Å². The Bertz CT molecular complexity index is 1200. The van der Waals surface area contributed by atoms with Gasteiger partial charge in [0, 0.05) is 44.6 Å². The molecule has 10 heteroatoms. The van der Waals surface area contributed by atoms with Gasteiger partial charge in [0.15, 0.2) is 0 Å². The van der Waals surface area contributed by atoms with E-state index in [1.54, 1.807) is 36.7 Å². The fraction of sp³-hybridized carbons (Fsp3) is 0.348. The Morgan fingerprint density at radius 1 is 1.06 bits per heavy atom. The van der Waals surface area contributed by atoms with Crippen molar-refractivity contribution in [2.24, 2.45) is 0 Å². The Morgan fingerprint density at radius 2 is 1.82 bits per heavy atom. The van der Waals surface area contributed by atoms with E-state index in [0.717, 1.165) is 22.8 Å². The molecule has 1 N–H and O–H groups in total. The van der Waals surface area contributed by atoms with Crippen molar-refractivity contribution in [1.29, 1.82) is 0 Å². The summed E-state index contributed by atoms with van der Waals surface area (Å²) in [5, 5.41) is 2.93. The number of carbonyl (C=O) groups excluding carboxylic acids is 1. The summed E-state index contributed by atoms with van der Waals surface area (Å²) in [5.41, 5.74) is 1.85. The fourth-order valence-corrected chi connectivity index (χ4v) is 5.04. The van der Waals surface area contributed by atoms with Crippen LogP contribution in [0.5, 0.6) is 0 Å². The van der Waals surface area contributed by atoms with Gasteiger partial charge in [0.1, 0.15) is 11.6 Å². The van der Waals surface area contributed by atoms with Crippen LogP contribution in [0.3, 0.4) is 0 Å². The van der Waals surface area contributed by atoms with E-state index >= 15 is 0 Å². The zero-order chi connectivity index (χ0) is 23.3. The summed E-state index contributed by atoms with van der Waals surface area (Å²) in [4.78, 5) is 21.2. The van der Waals surface area contributed by atoms with E-state index in [1.807, 2.05) is 29.8 Å². The molecule has 0 saturated carbocycles. The molecular formula is C23H27N5O4S. The number of amides is 1. The SMILES string of the molecule is Cc1nccn1-c1cc(CNC(=O)CCc2ccc(S(=O)(=O)N3CCOCC3)cc2)ccn1. The summed E-state index contributed by atoms with van der Waals surface area (Å²) in [5.74, 6) is 1.52. The van der Waals surface area contributed by atoms with Crippen LogP contribution < -0.4 is 5.32 Å². The highest BCUT2D eigenvalue weighted by Crippen LogP contribution is 2.18. The maximum absolute atomic E-state index is 12.7. The molecule has 1 saturated heterocycles. The molecule has 1 aliphatic rings. The summed E-state index contributed by atoms with van der Waals surface area (Å²) >= 11 is 0. The average Bonchev–Trinajstić information content (AvgIpc) is 3.28. The van der Waals surface area contributed by atoms with Crippen molar-refractivity contribution >= 4 is 15.9 Å². The smallest absolute Gasteiger partial charge is 0.243 e. The molecule has 0 aliphatic carbocycles. The third-order valence-corrected chi connectivity index (χ3v) is 7.46. The molecular weight excluding hydrogens is 442 g/mol. The number of imidazole rings is 1. The lowest BCUT2D eigenvalue weighted by Gasteiger charge is -2.26. The molecule has 4 rings (SSSR count). The highest BCUT2D eigenvalue weighted by molar-refractivity contribution is 7.89. The Labute approximate surface area is 193 Å². The molecule has 33 heavy (non-hydrogen) atoms. The number of sulfonamides is 1. The lowest BCUT2D eigenvalue weighted by Crippen LogP contribution is -2.40. The third kappa shape index (κ3) is 5.65. The van der Waals surface area contributed by atoms with Crippen molar-refractivity contribution in [3.8, 4) is 5.82 Å². The number of carbonyl (C=O) groups is 1. The number of hydrogen-bond donors (Lipinski definition) is 1. The summed E-state index contributed by atoms with van der Waals surface area (Å²) < 4.78 is 34.0. The van der Waals surface area contributed by atoms with E-state index in [4.69, 9.17) is 4.74 Å². The van der Waals surface area contributed by atoms with Crippen molar-refractivity contribution < 1.29 is 17.9 Å². The highest BCUT2D eigenvalue weighted by Gasteiger charge is 2.26. The maximum Gasteiger partial charge on any atom is 0.243 e. The van der Waals surface area contributed by atoms with Crippen molar-refractivity contribution in [2.75, 3.05) is 26.3 Å². The van der Waals surface area contributed by atoms with E-state index in [2.05, 4.69) is 15.3 Å². The number of hydrogen-bond acceptors (Lipinski definition) is 6. The normalized spacial score (nSPS) is 14.8. The Hall–Kier alpha value is -3.08. The third-order valence-electron chi connectivity index (χ3n) is 5.54. The predicted octanol–water partition coefficient (Wildman–Crippen LogP) is 1.85. The fourth-order valence-electron chi connectivity index (χ4n) is 3.63. The molecule has 0 atom stereocenters. The van der Waals surface area contributed by atoms with E-state index in [0.29, 0.717) is 45.7 Å². The monoisotopic (exact) mass is 469 g/mol. The second kappa shape index (κ2) is 10.2. The molecule has 3 heterocycles. The van der Waals surface area contributed by atoms with Crippen molar-refractivity contribution in [3.05, 3.63) is 71.9 Å². The summed E-state index contributed by atoms with van der Waals surface area (Å²) in [6.45, 7) is 3.86. The van der Waals surface area contributed by atoms with Crippen LogP contribution in [0, 0.1) is 6.92 Å². The van der Waals surface area contributed by atoms with E-state index in [1.165, 1.54) is 4.31 Å². The van der Waals surface area contributed by atoms with Crippen molar-refractivity contribution in [1.82, 2.24) is 24.2 Å². The average molecular weight is 470 g/mol. The van der Waals surface area contributed by atoms with Gasteiger partial charge in [0.2, 0.25) is 15.9 Å². The first kappa shape index (κ1) is 23.1. The van der Waals surface area contributed by atoms with E-state index in [-0.39, 0.29) is 10.8 Å². The van der Waals surface area contributed by atoms with Crippen LogP contribution in [0.15, 0.2) is 59.9 Å². The van der Waals surface area contributed by atoms with Crippen LogP contribution in [-0.2, 0) is 32.5 Å². The number of ether oxygens (including phenoxy) is 1. The minimum Gasteiger partial charge on any atom is -0.379 e. The van der Waals surface area contributed by atoms with Gasteiger partial charge < -0.3 is 10.1 Å². The van der Waals surface area contributed by atoms with Crippen LogP contribution in [0.25, 0.3) is 5.82 Å². The van der Waals surface area contributed by atoms with Gasteiger partial charge in [0.25, 0.3) is 0 Å². The topological polar surface area (TPSA) is 106 Å². The van der Waals surface area contributed by atoms with E-state index < -0.39 is 10.0 Å². The standard InChI is InChI=1S/C23H27N5O4S/c1-18-24-10-11-28(18)22-16-20(8-9-25-22)17-26-23(29)7-4-19-2-5-21(6-3-19)33(30,31)27-12-14-32-15-13-27/h2-3,5-6,8-11,16H,4,7,12-15,17H2,1H3,(H,26,29). The summed E-state index contributed by atoms with van der Waals surface area (Å²) in [6.07, 6.45) is 6.12. The lowest BCUT2D eigenvalue weighted by molar-refractivity contribution is -0.121. The second-order valence-corrected chi connectivity index (χ2v) is 9.74. The number of benzene rings is 1. The minimum atomic E-state index is -3.51. The van der Waals surface area contributed by atoms with Gasteiger partial charge in [-0.15, -0.1) is 0 Å². The molecule has 9 nitrogen and oxygen atoms in total. The number of morpholine rings is 1. The van der Waals surface area contributed by atoms with Gasteiger partial charge in [-0.2, -0.15) is 4.31 Å². The number of pyridine rings is 1. The van der Waals surface area contributed by atoms with Gasteiger partial charge in [0.05, 0.1) is 18.1 Å². The molecule has 1 aliphatic heterocycles. The molecule has 2 aromatic heterocycles. The number of nitrogens with zero attached hydrogens (tertiary/aromatic N) is 4. The number of nitrogens with one attached hydrogen (secondary N) is 1. The molecule has 1 aromatic carbocycles.